The highest BCUT2D eigenvalue weighted by Crippen LogP contribution is 2.26. The van der Waals surface area contributed by atoms with Gasteiger partial charge in [0.25, 0.3) is 10.0 Å². The molecule has 0 heterocycles. The molecule has 0 radical (unpaired) electrons. The molecule has 162 valence electrons. The molecule has 1 amide bonds. The van der Waals surface area contributed by atoms with Gasteiger partial charge in [-0.05, 0) is 55.5 Å². The van der Waals surface area contributed by atoms with Crippen molar-refractivity contribution in [1.29, 1.82) is 0 Å². The molecule has 0 unspecified atom stereocenters. The van der Waals surface area contributed by atoms with E-state index in [-0.39, 0.29) is 10.6 Å². The lowest BCUT2D eigenvalue weighted by Gasteiger charge is -2.24. The molecule has 3 rings (SSSR count). The lowest BCUT2D eigenvalue weighted by atomic mass is 10.2. The third-order valence-corrected chi connectivity index (χ3v) is 6.27. The Bertz CT molecular complexity index is 1160. The van der Waals surface area contributed by atoms with Crippen LogP contribution in [0.15, 0.2) is 71.6 Å². The quantitative estimate of drug-likeness (QED) is 0.593. The monoisotopic (exact) mass is 446 g/mol. The Morgan fingerprint density at radius 3 is 2.10 bits per heavy atom. The fraction of sp³-hybridized carbons (Fsp3) is 0.136. The highest BCUT2D eigenvalue weighted by atomic mass is 32.2. The normalized spacial score (nSPS) is 11.1. The van der Waals surface area contributed by atoms with Gasteiger partial charge in [0.1, 0.15) is 29.6 Å². The summed E-state index contributed by atoms with van der Waals surface area (Å²) in [5.41, 5.74) is 0.479. The SMILES string of the molecule is COc1ccc(S(=O)(=O)N(CC(=O)Nc2c(F)cccc2F)c2ccc(C)cc2)cc1. The van der Waals surface area contributed by atoms with E-state index in [9.17, 15) is 22.0 Å². The zero-order valence-corrected chi connectivity index (χ0v) is 17.6. The van der Waals surface area contributed by atoms with Gasteiger partial charge in [0.15, 0.2) is 0 Å². The van der Waals surface area contributed by atoms with Crippen molar-refractivity contribution in [3.8, 4) is 5.75 Å². The number of rotatable bonds is 7. The Kier molecular flexibility index (Phi) is 6.55. The van der Waals surface area contributed by atoms with Gasteiger partial charge < -0.3 is 10.1 Å². The summed E-state index contributed by atoms with van der Waals surface area (Å²) in [6.07, 6.45) is 0. The number of sulfonamides is 1. The summed E-state index contributed by atoms with van der Waals surface area (Å²) in [6, 6.07) is 15.3. The summed E-state index contributed by atoms with van der Waals surface area (Å²) in [5, 5.41) is 2.12. The van der Waals surface area contributed by atoms with Gasteiger partial charge in [-0.3, -0.25) is 9.10 Å². The Balaban J connectivity index is 1.96. The molecule has 0 fully saturated rings. The van der Waals surface area contributed by atoms with Crippen molar-refractivity contribution in [2.24, 2.45) is 0 Å². The number of nitrogens with one attached hydrogen (secondary N) is 1. The smallest absolute Gasteiger partial charge is 0.264 e. The largest absolute Gasteiger partial charge is 0.497 e. The lowest BCUT2D eigenvalue weighted by Crippen LogP contribution is -2.38. The van der Waals surface area contributed by atoms with Crippen molar-refractivity contribution in [3.05, 3.63) is 83.9 Å². The number of hydrogen-bond donors (Lipinski definition) is 1. The Morgan fingerprint density at radius 1 is 0.968 bits per heavy atom. The van der Waals surface area contributed by atoms with Crippen LogP contribution in [0.4, 0.5) is 20.2 Å². The first-order valence-corrected chi connectivity index (χ1v) is 10.6. The van der Waals surface area contributed by atoms with Crippen LogP contribution in [-0.2, 0) is 14.8 Å². The number of ether oxygens (including phenoxy) is 1. The fourth-order valence-electron chi connectivity index (χ4n) is 2.83. The van der Waals surface area contributed by atoms with Crippen molar-refractivity contribution in [2.75, 3.05) is 23.3 Å². The zero-order chi connectivity index (χ0) is 22.6. The van der Waals surface area contributed by atoms with Crippen molar-refractivity contribution >= 4 is 27.3 Å². The number of amides is 1. The number of aryl methyl sites for hydroxylation is 1. The average molecular weight is 446 g/mol. The summed E-state index contributed by atoms with van der Waals surface area (Å²) in [4.78, 5) is 12.5. The van der Waals surface area contributed by atoms with E-state index >= 15 is 0 Å². The molecule has 1 N–H and O–H groups in total. The number of anilines is 2. The second-order valence-electron chi connectivity index (χ2n) is 6.67. The first-order valence-electron chi connectivity index (χ1n) is 9.19. The fourth-order valence-corrected chi connectivity index (χ4v) is 4.25. The highest BCUT2D eigenvalue weighted by Gasteiger charge is 2.28. The molecule has 0 aromatic heterocycles. The van der Waals surface area contributed by atoms with Crippen LogP contribution in [0.2, 0.25) is 0 Å². The van der Waals surface area contributed by atoms with Crippen molar-refractivity contribution in [3.63, 3.8) is 0 Å². The zero-order valence-electron chi connectivity index (χ0n) is 16.8. The predicted molar refractivity (Wildman–Crippen MR) is 114 cm³/mol. The second kappa shape index (κ2) is 9.13. The van der Waals surface area contributed by atoms with E-state index in [2.05, 4.69) is 5.32 Å². The summed E-state index contributed by atoms with van der Waals surface area (Å²) in [5.74, 6) is -2.36. The maximum absolute atomic E-state index is 13.9. The van der Waals surface area contributed by atoms with Crippen molar-refractivity contribution in [2.45, 2.75) is 11.8 Å². The number of methoxy groups -OCH3 is 1. The van der Waals surface area contributed by atoms with Crippen LogP contribution in [0.25, 0.3) is 0 Å². The molecule has 0 aliphatic heterocycles. The van der Waals surface area contributed by atoms with Crippen LogP contribution in [0.1, 0.15) is 5.56 Å². The van der Waals surface area contributed by atoms with E-state index in [0.717, 1.165) is 28.1 Å². The van der Waals surface area contributed by atoms with Gasteiger partial charge >= 0.3 is 0 Å². The van der Waals surface area contributed by atoms with E-state index in [1.54, 1.807) is 24.3 Å². The highest BCUT2D eigenvalue weighted by molar-refractivity contribution is 7.92. The average Bonchev–Trinajstić information content (AvgIpc) is 2.75. The summed E-state index contributed by atoms with van der Waals surface area (Å²) in [7, 11) is -2.72. The minimum absolute atomic E-state index is 0.0706. The molecule has 3 aromatic carbocycles. The molecule has 9 heteroatoms. The molecule has 0 saturated heterocycles. The molecule has 0 aliphatic rings. The minimum atomic E-state index is -4.17. The molecule has 0 aliphatic carbocycles. The molecular weight excluding hydrogens is 426 g/mol. The number of para-hydroxylation sites is 1. The lowest BCUT2D eigenvalue weighted by molar-refractivity contribution is -0.114. The van der Waals surface area contributed by atoms with Crippen molar-refractivity contribution < 1.29 is 26.7 Å². The molecule has 0 saturated carbocycles. The molecule has 6 nitrogen and oxygen atoms in total. The summed E-state index contributed by atoms with van der Waals surface area (Å²) < 4.78 is 60.3. The number of hydrogen-bond acceptors (Lipinski definition) is 4. The van der Waals surface area contributed by atoms with Crippen LogP contribution in [0.5, 0.6) is 5.75 Å². The Morgan fingerprint density at radius 2 is 1.55 bits per heavy atom. The van der Waals surface area contributed by atoms with Gasteiger partial charge in [-0.1, -0.05) is 23.8 Å². The standard InChI is InChI=1S/C22H20F2N2O4S/c1-15-6-8-16(9-7-15)26(31(28,29)18-12-10-17(30-2)11-13-18)14-21(27)25-22-19(23)4-3-5-20(22)24/h3-13H,14H2,1-2H3,(H,25,27). The molecule has 3 aromatic rings. The number of halogens is 2. The number of carbonyl (C=O) groups is 1. The van der Waals surface area contributed by atoms with E-state index in [0.29, 0.717) is 5.75 Å². The number of benzene rings is 3. The van der Waals surface area contributed by atoms with Crippen LogP contribution >= 0.6 is 0 Å². The topological polar surface area (TPSA) is 75.7 Å². The summed E-state index contributed by atoms with van der Waals surface area (Å²) in [6.45, 7) is 1.14. The van der Waals surface area contributed by atoms with Gasteiger partial charge in [0.2, 0.25) is 5.91 Å². The summed E-state index contributed by atoms with van der Waals surface area (Å²) >= 11 is 0. The second-order valence-corrected chi connectivity index (χ2v) is 8.53. The molecular formula is C22H20F2N2O4S. The van der Waals surface area contributed by atoms with E-state index in [4.69, 9.17) is 4.74 Å². The predicted octanol–water partition coefficient (Wildman–Crippen LogP) is 4.12. The molecule has 0 spiro atoms. The molecule has 31 heavy (non-hydrogen) atoms. The maximum atomic E-state index is 13.9. The number of nitrogens with zero attached hydrogens (tertiary/aromatic N) is 1. The van der Waals surface area contributed by atoms with Gasteiger partial charge in [0.05, 0.1) is 17.7 Å². The van der Waals surface area contributed by atoms with Gasteiger partial charge in [-0.25, -0.2) is 17.2 Å². The number of carbonyl (C=O) groups excluding carboxylic acids is 1. The third-order valence-electron chi connectivity index (χ3n) is 4.48. The first-order chi connectivity index (χ1) is 14.7. The third kappa shape index (κ3) is 5.00. The molecule has 0 atom stereocenters. The van der Waals surface area contributed by atoms with Gasteiger partial charge in [-0.15, -0.1) is 0 Å². The van der Waals surface area contributed by atoms with Crippen molar-refractivity contribution in [1.82, 2.24) is 0 Å². The van der Waals surface area contributed by atoms with Gasteiger partial charge in [0, 0.05) is 0 Å². The van der Waals surface area contributed by atoms with E-state index in [1.807, 2.05) is 6.92 Å². The maximum Gasteiger partial charge on any atom is 0.264 e. The van der Waals surface area contributed by atoms with Crippen LogP contribution in [-0.4, -0.2) is 28.0 Å². The molecule has 0 bridgehead atoms. The van der Waals surface area contributed by atoms with Gasteiger partial charge in [-0.2, -0.15) is 0 Å². The minimum Gasteiger partial charge on any atom is -0.497 e. The van der Waals surface area contributed by atoms with Crippen LogP contribution in [0.3, 0.4) is 0 Å². The van der Waals surface area contributed by atoms with E-state index in [1.165, 1.54) is 31.4 Å². The van der Waals surface area contributed by atoms with E-state index < -0.39 is 39.8 Å². The Hall–Kier alpha value is -3.46. The first kappa shape index (κ1) is 22.2. The van der Waals surface area contributed by atoms with Crippen LogP contribution < -0.4 is 14.4 Å². The Labute approximate surface area is 179 Å². The van der Waals surface area contributed by atoms with Crippen LogP contribution in [0, 0.1) is 18.6 Å².